The third kappa shape index (κ3) is 4.71. The molecule has 0 spiro atoms. The molecule has 0 unspecified atom stereocenters. The summed E-state index contributed by atoms with van der Waals surface area (Å²) in [6.07, 6.45) is 0.852. The zero-order chi connectivity index (χ0) is 17.1. The molecule has 2 aromatic rings. The molecule has 0 aliphatic carbocycles. The maximum absolute atomic E-state index is 13.3. The SMILES string of the molecule is CN(C)[C@@H](CCNC(=O)N1Cc2ccc(F)cc2C1)c1ccsc1.Cl. The third-order valence-electron chi connectivity index (χ3n) is 4.42. The summed E-state index contributed by atoms with van der Waals surface area (Å²) in [6, 6.07) is 7.06. The van der Waals surface area contributed by atoms with Gasteiger partial charge in [0, 0.05) is 25.7 Å². The molecule has 1 atom stereocenters. The van der Waals surface area contributed by atoms with Crippen LogP contribution in [-0.4, -0.2) is 36.5 Å². The fourth-order valence-electron chi connectivity index (χ4n) is 3.12. The van der Waals surface area contributed by atoms with E-state index >= 15 is 0 Å². The lowest BCUT2D eigenvalue weighted by molar-refractivity contribution is 0.196. The van der Waals surface area contributed by atoms with Gasteiger partial charge in [-0.25, -0.2) is 9.18 Å². The van der Waals surface area contributed by atoms with E-state index in [4.69, 9.17) is 0 Å². The molecule has 1 aliphatic heterocycles. The molecule has 4 nitrogen and oxygen atoms in total. The molecule has 0 radical (unpaired) electrons. The van der Waals surface area contributed by atoms with Gasteiger partial charge in [0.25, 0.3) is 0 Å². The summed E-state index contributed by atoms with van der Waals surface area (Å²) in [7, 11) is 4.10. The topological polar surface area (TPSA) is 35.6 Å². The summed E-state index contributed by atoms with van der Waals surface area (Å²) in [6.45, 7) is 1.63. The van der Waals surface area contributed by atoms with E-state index in [0.29, 0.717) is 25.7 Å². The molecule has 2 amide bonds. The molecule has 2 heterocycles. The number of nitrogens with one attached hydrogen (secondary N) is 1. The van der Waals surface area contributed by atoms with Crippen LogP contribution in [0.25, 0.3) is 0 Å². The van der Waals surface area contributed by atoms with Gasteiger partial charge in [-0.15, -0.1) is 12.4 Å². The second kappa shape index (κ2) is 8.65. The average Bonchev–Trinajstić information content (AvgIpc) is 3.19. The summed E-state index contributed by atoms with van der Waals surface area (Å²) >= 11 is 1.69. The highest BCUT2D eigenvalue weighted by Crippen LogP contribution is 2.25. The van der Waals surface area contributed by atoms with Crippen LogP contribution in [0.15, 0.2) is 35.0 Å². The number of carbonyl (C=O) groups is 1. The number of hydrogen-bond acceptors (Lipinski definition) is 3. The van der Waals surface area contributed by atoms with Gasteiger partial charge in [0.15, 0.2) is 0 Å². The Bertz CT molecular complexity index is 708. The van der Waals surface area contributed by atoms with Crippen molar-refractivity contribution in [1.82, 2.24) is 15.1 Å². The normalized spacial score (nSPS) is 14.2. The Hall–Kier alpha value is -1.63. The number of urea groups is 1. The van der Waals surface area contributed by atoms with Crippen molar-refractivity contribution in [2.75, 3.05) is 20.6 Å². The van der Waals surface area contributed by atoms with Crippen LogP contribution in [0.2, 0.25) is 0 Å². The number of thiophene rings is 1. The lowest BCUT2D eigenvalue weighted by atomic mass is 10.1. The Kier molecular flexibility index (Phi) is 6.81. The highest BCUT2D eigenvalue weighted by atomic mass is 35.5. The number of hydrogen-bond donors (Lipinski definition) is 1. The number of amides is 2. The first-order valence-electron chi connectivity index (χ1n) is 8.03. The first-order chi connectivity index (χ1) is 11.5. The summed E-state index contributed by atoms with van der Waals surface area (Å²) in [4.78, 5) is 16.2. The maximum Gasteiger partial charge on any atom is 0.318 e. The molecule has 0 saturated heterocycles. The predicted molar refractivity (Wildman–Crippen MR) is 102 cm³/mol. The minimum absolute atomic E-state index is 0. The number of fused-ring (bicyclic) bond motifs is 1. The first-order valence-corrected chi connectivity index (χ1v) is 8.97. The fourth-order valence-corrected chi connectivity index (χ4v) is 3.83. The maximum atomic E-state index is 13.3. The molecule has 0 fully saturated rings. The van der Waals surface area contributed by atoms with Gasteiger partial charge in [-0.3, -0.25) is 0 Å². The van der Waals surface area contributed by atoms with Crippen LogP contribution in [-0.2, 0) is 13.1 Å². The predicted octanol–water partition coefficient (Wildman–Crippen LogP) is 4.03. The highest BCUT2D eigenvalue weighted by molar-refractivity contribution is 7.07. The molecule has 1 aromatic carbocycles. The molecule has 1 aromatic heterocycles. The van der Waals surface area contributed by atoms with Crippen molar-refractivity contribution in [2.24, 2.45) is 0 Å². The molecular formula is C18H23ClFN3OS. The van der Waals surface area contributed by atoms with Crippen LogP contribution in [0, 0.1) is 5.82 Å². The van der Waals surface area contributed by atoms with Crippen molar-refractivity contribution >= 4 is 29.8 Å². The van der Waals surface area contributed by atoms with Gasteiger partial charge in [0.05, 0.1) is 0 Å². The highest BCUT2D eigenvalue weighted by Gasteiger charge is 2.23. The van der Waals surface area contributed by atoms with E-state index in [0.717, 1.165) is 17.5 Å². The number of nitrogens with zero attached hydrogens (tertiary/aromatic N) is 2. The van der Waals surface area contributed by atoms with Crippen LogP contribution in [0.3, 0.4) is 0 Å². The molecule has 1 aliphatic rings. The van der Waals surface area contributed by atoms with Gasteiger partial charge in [-0.2, -0.15) is 11.3 Å². The van der Waals surface area contributed by atoms with Crippen molar-refractivity contribution < 1.29 is 9.18 Å². The zero-order valence-electron chi connectivity index (χ0n) is 14.4. The fraction of sp³-hybridized carbons (Fsp3) is 0.389. The van der Waals surface area contributed by atoms with Gasteiger partial charge in [0.1, 0.15) is 5.82 Å². The molecule has 3 rings (SSSR count). The Balaban J connectivity index is 0.00000225. The van der Waals surface area contributed by atoms with Gasteiger partial charge in [-0.1, -0.05) is 6.07 Å². The average molecular weight is 384 g/mol. The van der Waals surface area contributed by atoms with Crippen LogP contribution < -0.4 is 5.32 Å². The van der Waals surface area contributed by atoms with Crippen molar-refractivity contribution in [2.45, 2.75) is 25.6 Å². The summed E-state index contributed by atoms with van der Waals surface area (Å²) in [5.74, 6) is -0.249. The Morgan fingerprint density at radius 3 is 2.76 bits per heavy atom. The third-order valence-corrected chi connectivity index (χ3v) is 5.12. The lowest BCUT2D eigenvalue weighted by Crippen LogP contribution is -2.38. The van der Waals surface area contributed by atoms with Crippen LogP contribution in [0.4, 0.5) is 9.18 Å². The van der Waals surface area contributed by atoms with E-state index < -0.39 is 0 Å². The number of rotatable bonds is 5. The monoisotopic (exact) mass is 383 g/mol. The molecule has 0 bridgehead atoms. The van der Waals surface area contributed by atoms with E-state index in [2.05, 4.69) is 41.1 Å². The molecule has 7 heteroatoms. The molecular weight excluding hydrogens is 361 g/mol. The van der Waals surface area contributed by atoms with E-state index in [1.54, 1.807) is 22.3 Å². The van der Waals surface area contributed by atoms with E-state index in [1.165, 1.54) is 17.7 Å². The molecule has 25 heavy (non-hydrogen) atoms. The summed E-state index contributed by atoms with van der Waals surface area (Å²) < 4.78 is 13.3. The van der Waals surface area contributed by atoms with Gasteiger partial charge in [-0.05, 0) is 66.2 Å². The zero-order valence-corrected chi connectivity index (χ0v) is 16.0. The first kappa shape index (κ1) is 19.7. The minimum atomic E-state index is -0.249. The summed E-state index contributed by atoms with van der Waals surface area (Å²) in [5, 5.41) is 7.22. The smallest absolute Gasteiger partial charge is 0.318 e. The van der Waals surface area contributed by atoms with Crippen molar-refractivity contribution in [3.8, 4) is 0 Å². The van der Waals surface area contributed by atoms with E-state index in [-0.39, 0.29) is 24.3 Å². The Morgan fingerprint density at radius 2 is 2.08 bits per heavy atom. The Labute approximate surface area is 158 Å². The van der Waals surface area contributed by atoms with Crippen LogP contribution >= 0.6 is 23.7 Å². The van der Waals surface area contributed by atoms with Gasteiger partial charge < -0.3 is 15.1 Å². The molecule has 136 valence electrons. The minimum Gasteiger partial charge on any atom is -0.338 e. The van der Waals surface area contributed by atoms with Crippen molar-refractivity contribution in [3.05, 3.63) is 57.5 Å². The second-order valence-electron chi connectivity index (χ2n) is 6.33. The van der Waals surface area contributed by atoms with Gasteiger partial charge >= 0.3 is 6.03 Å². The van der Waals surface area contributed by atoms with Crippen LogP contribution in [0.1, 0.15) is 29.2 Å². The lowest BCUT2D eigenvalue weighted by Gasteiger charge is -2.24. The largest absolute Gasteiger partial charge is 0.338 e. The Morgan fingerprint density at radius 1 is 1.32 bits per heavy atom. The van der Waals surface area contributed by atoms with Crippen molar-refractivity contribution in [1.29, 1.82) is 0 Å². The number of halogens is 2. The molecule has 0 saturated carbocycles. The quantitative estimate of drug-likeness (QED) is 0.846. The second-order valence-corrected chi connectivity index (χ2v) is 7.11. The van der Waals surface area contributed by atoms with E-state index in [9.17, 15) is 9.18 Å². The molecule has 1 N–H and O–H groups in total. The summed E-state index contributed by atoms with van der Waals surface area (Å²) in [5.41, 5.74) is 3.20. The van der Waals surface area contributed by atoms with Gasteiger partial charge in [0.2, 0.25) is 0 Å². The number of benzene rings is 1. The van der Waals surface area contributed by atoms with E-state index in [1.807, 2.05) is 0 Å². The van der Waals surface area contributed by atoms with Crippen LogP contribution in [0.5, 0.6) is 0 Å². The number of carbonyl (C=O) groups excluding carboxylic acids is 1. The standard InChI is InChI=1S/C18H22FN3OS.ClH/c1-21(2)17(14-6-8-24-12-14)5-7-20-18(23)22-10-13-3-4-16(19)9-15(13)11-22;/h3-4,6,8-9,12,17H,5,7,10-11H2,1-2H3,(H,20,23);1H/t17-;/m0./s1. The van der Waals surface area contributed by atoms with Crippen molar-refractivity contribution in [3.63, 3.8) is 0 Å².